The van der Waals surface area contributed by atoms with E-state index in [1.165, 1.54) is 0 Å². The summed E-state index contributed by atoms with van der Waals surface area (Å²) in [6.45, 7) is 19.4. The number of Topliss-reactive ketones (excluding diaryl/α,β-unsaturated/α-hetero) is 1. The van der Waals surface area contributed by atoms with Crippen molar-refractivity contribution in [3.8, 4) is 0 Å². The first-order valence-electron chi connectivity index (χ1n) is 12.3. The molecule has 0 spiro atoms. The molecule has 4 nitrogen and oxygen atoms in total. The van der Waals surface area contributed by atoms with E-state index in [2.05, 4.69) is 47.0 Å². The zero-order valence-corrected chi connectivity index (χ0v) is 23.0. The molecule has 190 valence electrons. The van der Waals surface area contributed by atoms with Crippen molar-refractivity contribution >= 4 is 14.1 Å². The number of hydrogen-bond acceptors (Lipinski definition) is 4. The molecular formula is C30H42O4Si. The Morgan fingerprint density at radius 3 is 1.89 bits per heavy atom. The van der Waals surface area contributed by atoms with Crippen LogP contribution in [0.2, 0.25) is 18.1 Å². The molecule has 0 bridgehead atoms. The number of carbonyl (C=O) groups excluding carboxylic acids is 1. The molecule has 5 heteroatoms. The minimum Gasteiger partial charge on any atom is -0.408 e. The summed E-state index contributed by atoms with van der Waals surface area (Å²) in [6, 6.07) is 19.8. The highest BCUT2D eigenvalue weighted by Gasteiger charge is 2.43. The SMILES string of the molecule is C=CCCC(=O)[C@H](OCc1ccccc1)[C@@H](OCc1ccccc1)[C@@H](C=C)O[Si](C)(C)C(C)(C)C. The van der Waals surface area contributed by atoms with Crippen LogP contribution in [0.15, 0.2) is 86.0 Å². The maximum atomic E-state index is 13.4. The van der Waals surface area contributed by atoms with E-state index in [1.54, 1.807) is 12.2 Å². The Morgan fingerprint density at radius 2 is 1.43 bits per heavy atom. The molecule has 0 heterocycles. The van der Waals surface area contributed by atoms with E-state index in [0.29, 0.717) is 26.1 Å². The van der Waals surface area contributed by atoms with Crippen molar-refractivity contribution in [3.63, 3.8) is 0 Å². The quantitative estimate of drug-likeness (QED) is 0.193. The fraction of sp³-hybridized carbons (Fsp3) is 0.433. The van der Waals surface area contributed by atoms with Crippen LogP contribution in [0.5, 0.6) is 0 Å². The molecule has 0 aliphatic rings. The van der Waals surface area contributed by atoms with Gasteiger partial charge in [0.05, 0.1) is 19.3 Å². The van der Waals surface area contributed by atoms with Gasteiger partial charge in [0, 0.05) is 6.42 Å². The third-order valence-electron chi connectivity index (χ3n) is 6.56. The molecule has 0 aliphatic heterocycles. The molecular weight excluding hydrogens is 452 g/mol. The molecule has 3 atom stereocenters. The Labute approximate surface area is 213 Å². The minimum absolute atomic E-state index is 0.00845. The summed E-state index contributed by atoms with van der Waals surface area (Å²) in [6.07, 6.45) is 2.50. The summed E-state index contributed by atoms with van der Waals surface area (Å²) < 4.78 is 19.5. The first-order chi connectivity index (χ1) is 16.6. The number of hydrogen-bond donors (Lipinski definition) is 0. The van der Waals surface area contributed by atoms with Gasteiger partial charge >= 0.3 is 0 Å². The van der Waals surface area contributed by atoms with Crippen LogP contribution in [0.4, 0.5) is 0 Å². The number of carbonyl (C=O) groups is 1. The van der Waals surface area contributed by atoms with Crippen molar-refractivity contribution < 1.29 is 18.7 Å². The van der Waals surface area contributed by atoms with Crippen molar-refractivity contribution in [1.82, 2.24) is 0 Å². The van der Waals surface area contributed by atoms with Crippen LogP contribution >= 0.6 is 0 Å². The molecule has 35 heavy (non-hydrogen) atoms. The highest BCUT2D eigenvalue weighted by atomic mass is 28.4. The monoisotopic (exact) mass is 494 g/mol. The fourth-order valence-electron chi connectivity index (χ4n) is 3.41. The lowest BCUT2D eigenvalue weighted by Crippen LogP contribution is -2.52. The molecule has 0 amide bonds. The maximum absolute atomic E-state index is 13.4. The van der Waals surface area contributed by atoms with Crippen LogP contribution in [0.25, 0.3) is 0 Å². The van der Waals surface area contributed by atoms with Gasteiger partial charge in [-0.3, -0.25) is 4.79 Å². The van der Waals surface area contributed by atoms with E-state index in [1.807, 2.05) is 60.7 Å². The molecule has 0 fully saturated rings. The molecule has 0 unspecified atom stereocenters. The second kappa shape index (κ2) is 13.7. The maximum Gasteiger partial charge on any atom is 0.193 e. The summed E-state index contributed by atoms with van der Waals surface area (Å²) in [5.74, 6) is -0.0235. The van der Waals surface area contributed by atoms with Gasteiger partial charge in [0.15, 0.2) is 14.1 Å². The van der Waals surface area contributed by atoms with E-state index in [4.69, 9.17) is 13.9 Å². The molecule has 2 aromatic carbocycles. The molecule has 0 aromatic heterocycles. The highest BCUT2D eigenvalue weighted by Crippen LogP contribution is 2.38. The standard InChI is InChI=1S/C30H42O4Si/c1-8-10-21-26(31)28(32-22-24-17-13-11-14-18-24)29(33-23-25-19-15-12-16-20-25)27(9-2)34-35(6,7)30(3,4)5/h8-9,11-20,27-29H,1-2,10,21-23H2,3-7H3/t27-,28+,29+/m1/s1. The van der Waals surface area contributed by atoms with Crippen molar-refractivity contribution in [2.75, 3.05) is 0 Å². The van der Waals surface area contributed by atoms with E-state index in [9.17, 15) is 4.79 Å². The number of allylic oxidation sites excluding steroid dienone is 1. The predicted molar refractivity (Wildman–Crippen MR) is 147 cm³/mol. The van der Waals surface area contributed by atoms with Crippen LogP contribution in [0.3, 0.4) is 0 Å². The van der Waals surface area contributed by atoms with Crippen molar-refractivity contribution in [2.24, 2.45) is 0 Å². The Morgan fingerprint density at radius 1 is 0.914 bits per heavy atom. The van der Waals surface area contributed by atoms with Gasteiger partial charge in [-0.2, -0.15) is 0 Å². The molecule has 0 aliphatic carbocycles. The number of ether oxygens (including phenoxy) is 2. The lowest BCUT2D eigenvalue weighted by Gasteiger charge is -2.41. The zero-order valence-electron chi connectivity index (χ0n) is 22.0. The van der Waals surface area contributed by atoms with Gasteiger partial charge in [-0.15, -0.1) is 13.2 Å². The van der Waals surface area contributed by atoms with Gasteiger partial charge in [-0.1, -0.05) is 93.6 Å². The van der Waals surface area contributed by atoms with E-state index in [-0.39, 0.29) is 10.8 Å². The summed E-state index contributed by atoms with van der Waals surface area (Å²) in [5, 5.41) is -0.00845. The van der Waals surface area contributed by atoms with Crippen LogP contribution in [0.1, 0.15) is 44.7 Å². The number of rotatable bonds is 15. The summed E-state index contributed by atoms with van der Waals surface area (Å²) in [4.78, 5) is 13.4. The average molecular weight is 495 g/mol. The fourth-order valence-corrected chi connectivity index (χ4v) is 4.67. The molecule has 2 rings (SSSR count). The third-order valence-corrected chi connectivity index (χ3v) is 11.0. The van der Waals surface area contributed by atoms with Gasteiger partial charge in [0.1, 0.15) is 12.2 Å². The van der Waals surface area contributed by atoms with Gasteiger partial charge in [-0.25, -0.2) is 0 Å². The van der Waals surface area contributed by atoms with E-state index >= 15 is 0 Å². The second-order valence-electron chi connectivity index (χ2n) is 10.4. The topological polar surface area (TPSA) is 44.8 Å². The minimum atomic E-state index is -2.19. The highest BCUT2D eigenvalue weighted by molar-refractivity contribution is 6.74. The average Bonchev–Trinajstić information content (AvgIpc) is 2.83. The second-order valence-corrected chi connectivity index (χ2v) is 15.1. The molecule has 0 saturated carbocycles. The summed E-state index contributed by atoms with van der Waals surface area (Å²) in [5.41, 5.74) is 2.02. The summed E-state index contributed by atoms with van der Waals surface area (Å²) >= 11 is 0. The normalized spacial score (nSPS) is 14.7. The van der Waals surface area contributed by atoms with Crippen molar-refractivity contribution in [1.29, 1.82) is 0 Å². The Kier molecular flexibility index (Phi) is 11.3. The lowest BCUT2D eigenvalue weighted by atomic mass is 10.00. The van der Waals surface area contributed by atoms with Crippen molar-refractivity contribution in [2.45, 2.75) is 83.3 Å². The first kappa shape index (κ1) is 28.9. The van der Waals surface area contributed by atoms with Gasteiger partial charge in [-0.05, 0) is 35.7 Å². The first-order valence-corrected chi connectivity index (χ1v) is 15.2. The van der Waals surface area contributed by atoms with Crippen LogP contribution in [-0.2, 0) is 31.9 Å². The number of benzene rings is 2. The molecule has 0 saturated heterocycles. The molecule has 0 N–H and O–H groups in total. The van der Waals surface area contributed by atoms with Gasteiger partial charge in [0.25, 0.3) is 0 Å². The summed E-state index contributed by atoms with van der Waals surface area (Å²) in [7, 11) is -2.19. The van der Waals surface area contributed by atoms with Gasteiger partial charge < -0.3 is 13.9 Å². The lowest BCUT2D eigenvalue weighted by molar-refractivity contribution is -0.153. The Hall–Kier alpha value is -2.31. The smallest absolute Gasteiger partial charge is 0.193 e. The zero-order chi connectivity index (χ0) is 25.9. The van der Waals surface area contributed by atoms with Crippen molar-refractivity contribution in [3.05, 3.63) is 97.1 Å². The number of ketones is 1. The van der Waals surface area contributed by atoms with E-state index in [0.717, 1.165) is 11.1 Å². The Balaban J connectivity index is 2.39. The molecule has 0 radical (unpaired) electrons. The van der Waals surface area contributed by atoms with Crippen LogP contribution < -0.4 is 0 Å². The Bertz CT molecular complexity index is 918. The van der Waals surface area contributed by atoms with Crippen LogP contribution in [0, 0.1) is 0 Å². The largest absolute Gasteiger partial charge is 0.408 e. The third kappa shape index (κ3) is 9.01. The predicted octanol–water partition coefficient (Wildman–Crippen LogP) is 7.27. The van der Waals surface area contributed by atoms with E-state index < -0.39 is 26.6 Å². The van der Waals surface area contributed by atoms with Crippen LogP contribution in [-0.4, -0.2) is 32.4 Å². The molecule has 2 aromatic rings. The van der Waals surface area contributed by atoms with Gasteiger partial charge in [0.2, 0.25) is 0 Å².